The fourth-order valence-corrected chi connectivity index (χ4v) is 4.46. The Labute approximate surface area is 196 Å². The lowest BCUT2D eigenvalue weighted by atomic mass is 9.99. The van der Waals surface area contributed by atoms with E-state index in [2.05, 4.69) is 0 Å². The summed E-state index contributed by atoms with van der Waals surface area (Å²) in [5.41, 5.74) is 9.11. The number of rotatable bonds is 11. The molecular formula is C25H27NO6S. The van der Waals surface area contributed by atoms with Gasteiger partial charge in [0.1, 0.15) is 0 Å². The zero-order chi connectivity index (χ0) is 24.0. The van der Waals surface area contributed by atoms with Gasteiger partial charge < -0.3 is 25.1 Å². The minimum absolute atomic E-state index is 0.00816. The number of carboxylic acid groups (broad SMARTS) is 1. The zero-order valence-electron chi connectivity index (χ0n) is 18.8. The molecule has 0 aliphatic heterocycles. The van der Waals surface area contributed by atoms with Crippen LogP contribution in [0.1, 0.15) is 38.3 Å². The molecule has 7 nitrogen and oxygen atoms in total. The van der Waals surface area contributed by atoms with Gasteiger partial charge in [-0.25, -0.2) is 0 Å². The number of nitrogen functional groups attached to an aromatic ring is 1. The molecule has 0 fully saturated rings. The third-order valence-corrected chi connectivity index (χ3v) is 6.31. The third-order valence-electron chi connectivity index (χ3n) is 5.28. The standard InChI is InChI=1S/C25H27NO6S/c1-30-20-12-16(13-21(31-2)24(20)32-3)5-4-15-6-8-17(9-7-15)23(29)19-14-18(33-25(19)26)10-11-22(27)28/h6-9,12-14H,4-5,10-11,26H2,1-3H3,(H,27,28). The summed E-state index contributed by atoms with van der Waals surface area (Å²) in [6.45, 7) is 0. The highest BCUT2D eigenvalue weighted by atomic mass is 32.1. The van der Waals surface area contributed by atoms with Crippen molar-refractivity contribution in [1.29, 1.82) is 0 Å². The first-order chi connectivity index (χ1) is 15.9. The van der Waals surface area contributed by atoms with Crippen molar-refractivity contribution in [2.24, 2.45) is 0 Å². The highest BCUT2D eigenvalue weighted by molar-refractivity contribution is 7.16. The normalized spacial score (nSPS) is 10.6. The first-order valence-electron chi connectivity index (χ1n) is 10.4. The minimum Gasteiger partial charge on any atom is -0.493 e. The van der Waals surface area contributed by atoms with Crippen LogP contribution in [0, 0.1) is 0 Å². The van der Waals surface area contributed by atoms with Gasteiger partial charge in [0, 0.05) is 10.4 Å². The predicted octanol–water partition coefficient (Wildman–Crippen LogP) is 4.39. The highest BCUT2D eigenvalue weighted by Crippen LogP contribution is 2.38. The van der Waals surface area contributed by atoms with Crippen LogP contribution in [-0.2, 0) is 24.1 Å². The van der Waals surface area contributed by atoms with Crippen molar-refractivity contribution in [1.82, 2.24) is 0 Å². The minimum atomic E-state index is -0.878. The van der Waals surface area contributed by atoms with Crippen LogP contribution >= 0.6 is 11.3 Å². The molecule has 0 atom stereocenters. The van der Waals surface area contributed by atoms with E-state index >= 15 is 0 Å². The molecule has 8 heteroatoms. The number of hydrogen-bond acceptors (Lipinski definition) is 7. The number of hydrogen-bond donors (Lipinski definition) is 2. The van der Waals surface area contributed by atoms with Gasteiger partial charge in [0.25, 0.3) is 0 Å². The summed E-state index contributed by atoms with van der Waals surface area (Å²) in [6.07, 6.45) is 1.90. The fraction of sp³-hybridized carbons (Fsp3) is 0.280. The lowest BCUT2D eigenvalue weighted by molar-refractivity contribution is -0.136. The van der Waals surface area contributed by atoms with E-state index in [0.29, 0.717) is 39.8 Å². The van der Waals surface area contributed by atoms with Gasteiger partial charge in [0.15, 0.2) is 17.3 Å². The van der Waals surface area contributed by atoms with E-state index in [1.165, 1.54) is 11.3 Å². The molecule has 1 aromatic heterocycles. The molecule has 0 amide bonds. The molecule has 0 spiro atoms. The van der Waals surface area contributed by atoms with Crippen molar-refractivity contribution in [2.45, 2.75) is 25.7 Å². The van der Waals surface area contributed by atoms with Gasteiger partial charge in [-0.3, -0.25) is 9.59 Å². The number of carbonyl (C=O) groups is 2. The molecule has 2 aromatic carbocycles. The van der Waals surface area contributed by atoms with Crippen molar-refractivity contribution >= 4 is 28.1 Å². The third kappa shape index (κ3) is 5.84. The molecular weight excluding hydrogens is 442 g/mol. The van der Waals surface area contributed by atoms with Crippen molar-refractivity contribution < 1.29 is 28.9 Å². The van der Waals surface area contributed by atoms with Crippen LogP contribution in [0.3, 0.4) is 0 Å². The van der Waals surface area contributed by atoms with Gasteiger partial charge in [-0.05, 0) is 48.6 Å². The number of carbonyl (C=O) groups excluding carboxylic acids is 1. The Balaban J connectivity index is 1.69. The second kappa shape index (κ2) is 10.9. The van der Waals surface area contributed by atoms with E-state index in [1.54, 1.807) is 39.5 Å². The fourth-order valence-electron chi connectivity index (χ4n) is 3.54. The molecule has 174 valence electrons. The van der Waals surface area contributed by atoms with E-state index in [-0.39, 0.29) is 12.2 Å². The Bertz CT molecular complexity index is 1110. The van der Waals surface area contributed by atoms with E-state index in [1.807, 2.05) is 24.3 Å². The number of nitrogens with two attached hydrogens (primary N) is 1. The number of aliphatic carboxylic acids is 1. The van der Waals surface area contributed by atoms with Crippen LogP contribution < -0.4 is 19.9 Å². The summed E-state index contributed by atoms with van der Waals surface area (Å²) < 4.78 is 16.2. The molecule has 0 saturated carbocycles. The maximum absolute atomic E-state index is 12.9. The number of carboxylic acids is 1. The van der Waals surface area contributed by atoms with Crippen LogP contribution in [0.2, 0.25) is 0 Å². The molecule has 0 bridgehead atoms. The maximum atomic E-state index is 12.9. The Morgan fingerprint density at radius 1 is 0.879 bits per heavy atom. The van der Waals surface area contributed by atoms with Crippen LogP contribution in [0.5, 0.6) is 17.2 Å². The lowest BCUT2D eigenvalue weighted by Crippen LogP contribution is -2.03. The molecule has 0 aliphatic carbocycles. The zero-order valence-corrected chi connectivity index (χ0v) is 19.7. The van der Waals surface area contributed by atoms with Gasteiger partial charge in [-0.1, -0.05) is 24.3 Å². The van der Waals surface area contributed by atoms with Crippen molar-refractivity contribution in [3.8, 4) is 17.2 Å². The van der Waals surface area contributed by atoms with E-state index in [9.17, 15) is 9.59 Å². The molecule has 3 rings (SSSR count). The van der Waals surface area contributed by atoms with Crippen LogP contribution in [0.4, 0.5) is 5.00 Å². The summed E-state index contributed by atoms with van der Waals surface area (Å²) in [5, 5.41) is 9.25. The Morgan fingerprint density at radius 2 is 1.48 bits per heavy atom. The quantitative estimate of drug-likeness (QED) is 0.401. The summed E-state index contributed by atoms with van der Waals surface area (Å²) in [5.74, 6) is 0.747. The molecule has 33 heavy (non-hydrogen) atoms. The maximum Gasteiger partial charge on any atom is 0.303 e. The summed E-state index contributed by atoms with van der Waals surface area (Å²) in [7, 11) is 4.75. The smallest absolute Gasteiger partial charge is 0.303 e. The number of ether oxygens (including phenoxy) is 3. The summed E-state index contributed by atoms with van der Waals surface area (Å²) in [6, 6.07) is 13.0. The molecule has 1 heterocycles. The highest BCUT2D eigenvalue weighted by Gasteiger charge is 2.17. The van der Waals surface area contributed by atoms with Gasteiger partial charge in [-0.2, -0.15) is 0 Å². The number of thiophene rings is 1. The summed E-state index contributed by atoms with van der Waals surface area (Å²) in [4.78, 5) is 24.5. The Kier molecular flexibility index (Phi) is 7.95. The van der Waals surface area contributed by atoms with E-state index < -0.39 is 5.97 Å². The second-order valence-electron chi connectivity index (χ2n) is 7.44. The van der Waals surface area contributed by atoms with Gasteiger partial charge in [0.2, 0.25) is 5.75 Å². The van der Waals surface area contributed by atoms with Gasteiger partial charge >= 0.3 is 5.97 Å². The number of anilines is 1. The van der Waals surface area contributed by atoms with Gasteiger partial charge in [-0.15, -0.1) is 11.3 Å². The van der Waals surface area contributed by atoms with Crippen LogP contribution in [0.25, 0.3) is 0 Å². The van der Waals surface area contributed by atoms with Crippen molar-refractivity contribution in [2.75, 3.05) is 27.1 Å². The first-order valence-corrected chi connectivity index (χ1v) is 11.2. The van der Waals surface area contributed by atoms with Crippen molar-refractivity contribution in [3.05, 3.63) is 69.6 Å². The van der Waals surface area contributed by atoms with Gasteiger partial charge in [0.05, 0.1) is 38.3 Å². The molecule has 3 aromatic rings. The number of aryl methyl sites for hydroxylation is 3. The monoisotopic (exact) mass is 469 g/mol. The largest absolute Gasteiger partial charge is 0.493 e. The van der Waals surface area contributed by atoms with Crippen LogP contribution in [0.15, 0.2) is 42.5 Å². The van der Waals surface area contributed by atoms with E-state index in [4.69, 9.17) is 25.1 Å². The molecule has 0 aliphatic rings. The molecule has 0 radical (unpaired) electrons. The van der Waals surface area contributed by atoms with Crippen LogP contribution in [-0.4, -0.2) is 38.2 Å². The Morgan fingerprint density at radius 3 is 2.03 bits per heavy atom. The average Bonchev–Trinajstić information content (AvgIpc) is 3.20. The topological polar surface area (TPSA) is 108 Å². The average molecular weight is 470 g/mol. The lowest BCUT2D eigenvalue weighted by Gasteiger charge is -2.14. The Hall–Kier alpha value is -3.52. The predicted molar refractivity (Wildman–Crippen MR) is 128 cm³/mol. The number of ketones is 1. The summed E-state index contributed by atoms with van der Waals surface area (Å²) >= 11 is 1.26. The molecule has 0 unspecified atom stereocenters. The first kappa shape index (κ1) is 24.1. The molecule has 3 N–H and O–H groups in total. The SMILES string of the molecule is COc1cc(CCc2ccc(C(=O)c3cc(CCC(=O)O)sc3N)cc2)cc(OC)c1OC. The number of benzene rings is 2. The van der Waals surface area contributed by atoms with E-state index in [0.717, 1.165) is 28.8 Å². The molecule has 0 saturated heterocycles. The van der Waals surface area contributed by atoms with Crippen molar-refractivity contribution in [3.63, 3.8) is 0 Å². The second-order valence-corrected chi connectivity index (χ2v) is 8.61. The number of methoxy groups -OCH3 is 3.